The summed E-state index contributed by atoms with van der Waals surface area (Å²) >= 11 is 0. The summed E-state index contributed by atoms with van der Waals surface area (Å²) in [5, 5.41) is 27.5. The fourth-order valence-electron chi connectivity index (χ4n) is 8.82. The third kappa shape index (κ3) is 4.39. The summed E-state index contributed by atoms with van der Waals surface area (Å²) in [6.45, 7) is 0. The van der Waals surface area contributed by atoms with Crippen molar-refractivity contribution in [2.24, 2.45) is 0 Å². The van der Waals surface area contributed by atoms with E-state index in [0.29, 0.717) is 11.1 Å². The van der Waals surface area contributed by atoms with Crippen LogP contribution in [0.2, 0.25) is 0 Å². The van der Waals surface area contributed by atoms with Crippen molar-refractivity contribution in [1.82, 2.24) is 13.7 Å². The number of nitriles is 2. The lowest BCUT2D eigenvalue weighted by Crippen LogP contribution is -2.00. The molecule has 55 heavy (non-hydrogen) atoms. The Morgan fingerprint density at radius 1 is 0.364 bits per heavy atom. The predicted octanol–water partition coefficient (Wildman–Crippen LogP) is 12.4. The highest BCUT2D eigenvalue weighted by molar-refractivity contribution is 6.13. The quantitative estimate of drug-likeness (QED) is 0.184. The van der Waals surface area contributed by atoms with Gasteiger partial charge in [-0.25, -0.2) is 0 Å². The molecule has 0 saturated carbocycles. The molecule has 11 aromatic rings. The molecular formula is C50H29N5. The summed E-state index contributed by atoms with van der Waals surface area (Å²) in [6.07, 6.45) is 0. The summed E-state index contributed by atoms with van der Waals surface area (Å²) < 4.78 is 6.83. The molecule has 0 aliphatic carbocycles. The summed E-state index contributed by atoms with van der Waals surface area (Å²) in [5.74, 6) is 0. The Morgan fingerprint density at radius 2 is 0.873 bits per heavy atom. The van der Waals surface area contributed by atoms with Gasteiger partial charge in [0.1, 0.15) is 6.07 Å². The van der Waals surface area contributed by atoms with Crippen LogP contribution in [0, 0.1) is 22.7 Å². The van der Waals surface area contributed by atoms with E-state index in [0.717, 1.165) is 61.0 Å². The molecule has 0 aliphatic rings. The highest BCUT2D eigenvalue weighted by Crippen LogP contribution is 2.39. The Balaban J connectivity index is 1.08. The first-order valence-electron chi connectivity index (χ1n) is 18.3. The summed E-state index contributed by atoms with van der Waals surface area (Å²) in [6, 6.07) is 66.0. The summed E-state index contributed by atoms with van der Waals surface area (Å²) in [4.78, 5) is 0. The molecule has 3 aromatic heterocycles. The maximum atomic E-state index is 10.8. The first kappa shape index (κ1) is 30.7. The molecule has 0 atom stereocenters. The zero-order valence-corrected chi connectivity index (χ0v) is 29.5. The number of benzene rings is 8. The summed E-state index contributed by atoms with van der Waals surface area (Å²) in [5.41, 5.74) is 12.4. The van der Waals surface area contributed by atoms with E-state index in [4.69, 9.17) is 0 Å². The van der Waals surface area contributed by atoms with Gasteiger partial charge in [-0.05, 0) is 72.3 Å². The number of rotatable bonds is 4. The van der Waals surface area contributed by atoms with Gasteiger partial charge in [0.25, 0.3) is 0 Å². The first-order valence-corrected chi connectivity index (χ1v) is 18.3. The number of hydrogen-bond acceptors (Lipinski definition) is 2. The van der Waals surface area contributed by atoms with Crippen molar-refractivity contribution in [3.8, 4) is 40.3 Å². The smallest absolute Gasteiger partial charge is 0.102 e. The van der Waals surface area contributed by atoms with Crippen molar-refractivity contribution in [3.63, 3.8) is 0 Å². The maximum Gasteiger partial charge on any atom is 0.102 e. The monoisotopic (exact) mass is 699 g/mol. The molecule has 8 aromatic carbocycles. The molecule has 5 nitrogen and oxygen atoms in total. The standard InChI is InChI=1S/C50H29N5/c51-30-33-11-9-22-48-50(33)41-15-4-8-20-46(41)55(48)47-21-10-16-36(42(47)31-52)32-23-25-34(26-24-32)53-43-17-5-3-14-39(43)40-28-27-35(29-49(40)53)54-44-18-6-1-12-37(44)38-13-2-7-19-45(38)54/h1-29H. The minimum atomic E-state index is 0.577. The number of aromatic nitrogens is 3. The molecule has 0 N–H and O–H groups in total. The second kappa shape index (κ2) is 11.8. The van der Waals surface area contributed by atoms with Crippen molar-refractivity contribution in [2.45, 2.75) is 0 Å². The lowest BCUT2D eigenvalue weighted by Gasteiger charge is -2.14. The minimum absolute atomic E-state index is 0.577. The van der Waals surface area contributed by atoms with Crippen LogP contribution in [-0.2, 0) is 0 Å². The van der Waals surface area contributed by atoms with Crippen LogP contribution < -0.4 is 0 Å². The zero-order valence-electron chi connectivity index (χ0n) is 29.5. The van der Waals surface area contributed by atoms with Crippen LogP contribution in [-0.4, -0.2) is 13.7 Å². The Bertz CT molecular complexity index is 3400. The number of para-hydroxylation sites is 4. The van der Waals surface area contributed by atoms with E-state index in [1.165, 1.54) is 32.6 Å². The van der Waals surface area contributed by atoms with Gasteiger partial charge in [0.15, 0.2) is 0 Å². The average Bonchev–Trinajstić information content (AvgIpc) is 3.89. The second-order valence-electron chi connectivity index (χ2n) is 13.9. The van der Waals surface area contributed by atoms with E-state index in [2.05, 4.69) is 147 Å². The third-order valence-corrected chi connectivity index (χ3v) is 11.1. The largest absolute Gasteiger partial charge is 0.309 e. The fraction of sp³-hybridized carbons (Fsp3) is 0. The van der Waals surface area contributed by atoms with Crippen molar-refractivity contribution < 1.29 is 0 Å². The minimum Gasteiger partial charge on any atom is -0.309 e. The Hall–Kier alpha value is -7.86. The molecule has 0 amide bonds. The van der Waals surface area contributed by atoms with Crippen LogP contribution in [0.15, 0.2) is 176 Å². The molecule has 11 rings (SSSR count). The van der Waals surface area contributed by atoms with E-state index >= 15 is 0 Å². The van der Waals surface area contributed by atoms with Gasteiger partial charge in [-0.15, -0.1) is 0 Å². The molecule has 0 fully saturated rings. The highest BCUT2D eigenvalue weighted by atomic mass is 15.0. The highest BCUT2D eigenvalue weighted by Gasteiger charge is 2.20. The van der Waals surface area contributed by atoms with Gasteiger partial charge >= 0.3 is 0 Å². The van der Waals surface area contributed by atoms with Gasteiger partial charge in [0, 0.05) is 49.3 Å². The number of fused-ring (bicyclic) bond motifs is 9. The molecule has 0 bridgehead atoms. The number of nitrogens with zero attached hydrogens (tertiary/aromatic N) is 5. The van der Waals surface area contributed by atoms with Crippen molar-refractivity contribution >= 4 is 65.4 Å². The predicted molar refractivity (Wildman–Crippen MR) is 224 cm³/mol. The van der Waals surface area contributed by atoms with E-state index in [9.17, 15) is 10.5 Å². The molecule has 5 heteroatoms. The lowest BCUT2D eigenvalue weighted by atomic mass is 9.98. The van der Waals surface area contributed by atoms with Crippen LogP contribution in [0.4, 0.5) is 0 Å². The molecule has 0 aliphatic heterocycles. The van der Waals surface area contributed by atoms with Gasteiger partial charge in [0.05, 0.1) is 56.0 Å². The van der Waals surface area contributed by atoms with E-state index < -0.39 is 0 Å². The van der Waals surface area contributed by atoms with Crippen LogP contribution in [0.25, 0.3) is 93.6 Å². The molecule has 3 heterocycles. The topological polar surface area (TPSA) is 62.4 Å². The van der Waals surface area contributed by atoms with Gasteiger partial charge in [0.2, 0.25) is 0 Å². The van der Waals surface area contributed by atoms with Crippen LogP contribution in [0.3, 0.4) is 0 Å². The molecule has 254 valence electrons. The Labute approximate surface area is 316 Å². The maximum absolute atomic E-state index is 10.8. The molecular weight excluding hydrogens is 671 g/mol. The van der Waals surface area contributed by atoms with E-state index in [-0.39, 0.29) is 0 Å². The van der Waals surface area contributed by atoms with Crippen molar-refractivity contribution in [1.29, 1.82) is 10.5 Å². The SMILES string of the molecule is N#Cc1c(-c2ccc(-n3c4ccccc4c4ccc(-n5c6ccccc6c6ccccc65)cc43)cc2)cccc1-n1c2ccccc2c2c(C#N)cccc21. The lowest BCUT2D eigenvalue weighted by molar-refractivity contribution is 1.15. The van der Waals surface area contributed by atoms with Gasteiger partial charge < -0.3 is 13.7 Å². The molecule has 0 spiro atoms. The van der Waals surface area contributed by atoms with Gasteiger partial charge in [-0.3, -0.25) is 0 Å². The second-order valence-corrected chi connectivity index (χ2v) is 13.9. The third-order valence-electron chi connectivity index (χ3n) is 11.1. The van der Waals surface area contributed by atoms with Gasteiger partial charge in [-0.1, -0.05) is 109 Å². The first-order chi connectivity index (χ1) is 27.2. The van der Waals surface area contributed by atoms with Crippen molar-refractivity contribution in [2.75, 3.05) is 0 Å². The Morgan fingerprint density at radius 3 is 1.49 bits per heavy atom. The Kier molecular flexibility index (Phi) is 6.61. The van der Waals surface area contributed by atoms with Gasteiger partial charge in [-0.2, -0.15) is 10.5 Å². The average molecular weight is 700 g/mol. The van der Waals surface area contributed by atoms with Crippen LogP contribution >= 0.6 is 0 Å². The van der Waals surface area contributed by atoms with Crippen LogP contribution in [0.5, 0.6) is 0 Å². The van der Waals surface area contributed by atoms with E-state index in [1.807, 2.05) is 54.6 Å². The molecule has 0 unspecified atom stereocenters. The molecule has 0 saturated heterocycles. The van der Waals surface area contributed by atoms with Crippen molar-refractivity contribution in [3.05, 3.63) is 187 Å². The normalized spacial score (nSPS) is 11.6. The molecule has 0 radical (unpaired) electrons. The number of hydrogen-bond donors (Lipinski definition) is 0. The van der Waals surface area contributed by atoms with Crippen LogP contribution in [0.1, 0.15) is 11.1 Å². The fourth-order valence-corrected chi connectivity index (χ4v) is 8.82. The van der Waals surface area contributed by atoms with E-state index in [1.54, 1.807) is 0 Å². The summed E-state index contributed by atoms with van der Waals surface area (Å²) in [7, 11) is 0. The zero-order chi connectivity index (χ0) is 36.6.